The number of methoxy groups -OCH3 is 2. The summed E-state index contributed by atoms with van der Waals surface area (Å²) in [4.78, 5) is 14.5. The van der Waals surface area contributed by atoms with Gasteiger partial charge >= 0.3 is 0 Å². The van der Waals surface area contributed by atoms with Crippen molar-refractivity contribution >= 4 is 5.91 Å². The third kappa shape index (κ3) is 4.84. The van der Waals surface area contributed by atoms with Gasteiger partial charge in [0.1, 0.15) is 11.5 Å². The average Bonchev–Trinajstić information content (AvgIpc) is 2.61. The van der Waals surface area contributed by atoms with Crippen LogP contribution < -0.4 is 15.2 Å². The van der Waals surface area contributed by atoms with Crippen molar-refractivity contribution in [3.05, 3.63) is 23.8 Å². The highest BCUT2D eigenvalue weighted by Gasteiger charge is 2.24. The first-order chi connectivity index (χ1) is 11.2. The molecule has 1 amide bonds. The lowest BCUT2D eigenvalue weighted by molar-refractivity contribution is 0.00843. The summed E-state index contributed by atoms with van der Waals surface area (Å²) in [6.45, 7) is 2.74. The molecule has 1 aliphatic rings. The van der Waals surface area contributed by atoms with Crippen molar-refractivity contribution in [2.75, 3.05) is 40.5 Å². The molecule has 0 spiro atoms. The summed E-state index contributed by atoms with van der Waals surface area (Å²) in [7, 11) is 3.15. The van der Waals surface area contributed by atoms with Crippen LogP contribution in [-0.2, 0) is 4.74 Å². The molecule has 1 saturated heterocycles. The maximum absolute atomic E-state index is 12.7. The number of nitrogens with zero attached hydrogens (tertiary/aromatic N) is 1. The Morgan fingerprint density at radius 1 is 1.17 bits per heavy atom. The molecule has 1 aliphatic heterocycles. The van der Waals surface area contributed by atoms with Crippen molar-refractivity contribution < 1.29 is 19.0 Å². The van der Waals surface area contributed by atoms with Crippen LogP contribution in [0.1, 0.15) is 29.6 Å². The second-order valence-corrected chi connectivity index (χ2v) is 5.61. The van der Waals surface area contributed by atoms with E-state index < -0.39 is 0 Å². The summed E-state index contributed by atoms with van der Waals surface area (Å²) in [6, 6.07) is 5.25. The molecule has 23 heavy (non-hydrogen) atoms. The molecule has 0 radical (unpaired) electrons. The van der Waals surface area contributed by atoms with Gasteiger partial charge in [-0.3, -0.25) is 4.79 Å². The number of hydrogen-bond donors (Lipinski definition) is 1. The quantitative estimate of drug-likeness (QED) is 0.773. The third-order valence-corrected chi connectivity index (χ3v) is 4.03. The van der Waals surface area contributed by atoms with Gasteiger partial charge in [-0.1, -0.05) is 0 Å². The highest BCUT2D eigenvalue weighted by atomic mass is 16.5. The minimum absolute atomic E-state index is 0.00241. The second kappa shape index (κ2) is 8.74. The summed E-state index contributed by atoms with van der Waals surface area (Å²) in [5, 5.41) is 0. The van der Waals surface area contributed by atoms with E-state index in [2.05, 4.69) is 0 Å². The van der Waals surface area contributed by atoms with E-state index in [-0.39, 0.29) is 12.0 Å². The molecule has 1 aromatic rings. The normalized spacial score (nSPS) is 15.5. The van der Waals surface area contributed by atoms with E-state index in [0.29, 0.717) is 43.3 Å². The van der Waals surface area contributed by atoms with Crippen LogP contribution >= 0.6 is 0 Å². The maximum Gasteiger partial charge on any atom is 0.254 e. The van der Waals surface area contributed by atoms with Gasteiger partial charge in [-0.05, 0) is 37.9 Å². The van der Waals surface area contributed by atoms with Crippen LogP contribution in [0.15, 0.2) is 18.2 Å². The molecule has 6 nitrogen and oxygen atoms in total. The molecule has 1 aromatic carbocycles. The summed E-state index contributed by atoms with van der Waals surface area (Å²) < 4.78 is 16.2. The minimum atomic E-state index is 0.00241. The Balaban J connectivity index is 1.94. The fourth-order valence-electron chi connectivity index (χ4n) is 2.67. The van der Waals surface area contributed by atoms with Gasteiger partial charge in [0.25, 0.3) is 5.91 Å². The van der Waals surface area contributed by atoms with Crippen molar-refractivity contribution in [2.24, 2.45) is 5.73 Å². The van der Waals surface area contributed by atoms with E-state index in [9.17, 15) is 4.79 Å². The predicted octanol–water partition coefficient (Wildman–Crippen LogP) is 1.67. The van der Waals surface area contributed by atoms with Crippen LogP contribution in [0.2, 0.25) is 0 Å². The lowest BCUT2D eigenvalue weighted by Crippen LogP contribution is -2.41. The lowest BCUT2D eigenvalue weighted by Gasteiger charge is -2.32. The molecule has 0 bridgehead atoms. The number of carbonyl (C=O) groups is 1. The Hall–Kier alpha value is -1.79. The van der Waals surface area contributed by atoms with Gasteiger partial charge < -0.3 is 24.8 Å². The highest BCUT2D eigenvalue weighted by molar-refractivity contribution is 5.95. The predicted molar refractivity (Wildman–Crippen MR) is 88.1 cm³/mol. The van der Waals surface area contributed by atoms with Crippen LogP contribution in [0.4, 0.5) is 0 Å². The molecule has 2 rings (SSSR count). The first-order valence-electron chi connectivity index (χ1n) is 8.02. The van der Waals surface area contributed by atoms with Crippen LogP contribution in [0.3, 0.4) is 0 Å². The smallest absolute Gasteiger partial charge is 0.254 e. The van der Waals surface area contributed by atoms with Crippen molar-refractivity contribution in [2.45, 2.75) is 25.4 Å². The second-order valence-electron chi connectivity index (χ2n) is 5.61. The van der Waals surface area contributed by atoms with Crippen LogP contribution in [0, 0.1) is 0 Å². The maximum atomic E-state index is 12.7. The summed E-state index contributed by atoms with van der Waals surface area (Å²) in [6.07, 6.45) is 2.82. The van der Waals surface area contributed by atoms with Gasteiger partial charge in [0.05, 0.1) is 20.3 Å². The molecule has 1 heterocycles. The first-order valence-corrected chi connectivity index (χ1v) is 8.02. The van der Waals surface area contributed by atoms with Gasteiger partial charge in [0.2, 0.25) is 0 Å². The fourth-order valence-corrected chi connectivity index (χ4v) is 2.67. The molecule has 6 heteroatoms. The summed E-state index contributed by atoms with van der Waals surface area (Å²) in [5.74, 6) is 1.24. The van der Waals surface area contributed by atoms with E-state index in [0.717, 1.165) is 19.3 Å². The van der Waals surface area contributed by atoms with E-state index in [4.69, 9.17) is 19.9 Å². The molecular formula is C17H26N2O4. The Kier molecular flexibility index (Phi) is 6.67. The summed E-state index contributed by atoms with van der Waals surface area (Å²) in [5.41, 5.74) is 6.05. The van der Waals surface area contributed by atoms with Crippen molar-refractivity contribution in [1.82, 2.24) is 4.90 Å². The Morgan fingerprint density at radius 2 is 1.78 bits per heavy atom. The number of nitrogens with two attached hydrogens (primary N) is 1. The molecule has 0 unspecified atom stereocenters. The zero-order valence-corrected chi connectivity index (χ0v) is 13.9. The molecule has 0 atom stereocenters. The number of carbonyl (C=O) groups excluding carboxylic acids is 1. The summed E-state index contributed by atoms with van der Waals surface area (Å²) >= 11 is 0. The van der Waals surface area contributed by atoms with E-state index in [1.807, 2.05) is 4.90 Å². The zero-order chi connectivity index (χ0) is 16.7. The fraction of sp³-hybridized carbons (Fsp3) is 0.588. The van der Waals surface area contributed by atoms with E-state index in [1.54, 1.807) is 32.4 Å². The average molecular weight is 322 g/mol. The molecule has 1 fully saturated rings. The number of amides is 1. The molecule has 0 aliphatic carbocycles. The zero-order valence-electron chi connectivity index (χ0n) is 13.9. The minimum Gasteiger partial charge on any atom is -0.497 e. The lowest BCUT2D eigenvalue weighted by atomic mass is 10.1. The number of benzene rings is 1. The Morgan fingerprint density at radius 3 is 2.30 bits per heavy atom. The standard InChI is InChI=1S/C17H26N2O4/c1-21-15-10-13(11-16(12-15)22-2)17(20)19-7-4-14(5-8-19)23-9-3-6-18/h10-12,14H,3-9,18H2,1-2H3. The van der Waals surface area contributed by atoms with Gasteiger partial charge in [0.15, 0.2) is 0 Å². The third-order valence-electron chi connectivity index (χ3n) is 4.03. The van der Waals surface area contributed by atoms with E-state index in [1.165, 1.54) is 0 Å². The van der Waals surface area contributed by atoms with Crippen molar-refractivity contribution in [3.8, 4) is 11.5 Å². The van der Waals surface area contributed by atoms with Gasteiger partial charge in [-0.15, -0.1) is 0 Å². The number of rotatable bonds is 7. The van der Waals surface area contributed by atoms with Crippen molar-refractivity contribution in [1.29, 1.82) is 0 Å². The molecular weight excluding hydrogens is 296 g/mol. The number of likely N-dealkylation sites (tertiary alicyclic amines) is 1. The van der Waals surface area contributed by atoms with Crippen LogP contribution in [-0.4, -0.2) is 57.4 Å². The monoisotopic (exact) mass is 322 g/mol. The Labute approximate surface area is 137 Å². The molecule has 128 valence electrons. The number of hydrogen-bond acceptors (Lipinski definition) is 5. The topological polar surface area (TPSA) is 74.0 Å². The molecule has 2 N–H and O–H groups in total. The van der Waals surface area contributed by atoms with Crippen LogP contribution in [0.25, 0.3) is 0 Å². The number of piperidine rings is 1. The SMILES string of the molecule is COc1cc(OC)cc(C(=O)N2CCC(OCCCN)CC2)c1. The first kappa shape index (κ1) is 17.6. The van der Waals surface area contributed by atoms with Crippen LogP contribution in [0.5, 0.6) is 11.5 Å². The van der Waals surface area contributed by atoms with E-state index >= 15 is 0 Å². The van der Waals surface area contributed by atoms with Gasteiger partial charge in [-0.25, -0.2) is 0 Å². The number of ether oxygens (including phenoxy) is 3. The largest absolute Gasteiger partial charge is 0.497 e. The Bertz CT molecular complexity index is 491. The van der Waals surface area contributed by atoms with Gasteiger partial charge in [0, 0.05) is 31.3 Å². The highest BCUT2D eigenvalue weighted by Crippen LogP contribution is 2.24. The molecule has 0 aromatic heterocycles. The van der Waals surface area contributed by atoms with Crippen molar-refractivity contribution in [3.63, 3.8) is 0 Å². The van der Waals surface area contributed by atoms with Gasteiger partial charge in [-0.2, -0.15) is 0 Å². The molecule has 0 saturated carbocycles.